The molecule has 1 unspecified atom stereocenters. The minimum Gasteiger partial charge on any atom is -0.349 e. The van der Waals surface area contributed by atoms with E-state index in [9.17, 15) is 14.4 Å². The molecule has 0 aromatic heterocycles. The molecular formula is C11H20N2O3S. The number of nitrogens with zero attached hydrogens (tertiary/aromatic N) is 2. The minimum absolute atomic E-state index is 0.0125. The van der Waals surface area contributed by atoms with E-state index in [2.05, 4.69) is 0 Å². The number of aldehydes is 1. The third-order valence-corrected chi connectivity index (χ3v) is 3.30. The van der Waals surface area contributed by atoms with Gasteiger partial charge in [-0.05, 0) is 6.26 Å². The van der Waals surface area contributed by atoms with E-state index in [0.29, 0.717) is 13.0 Å². The second kappa shape index (κ2) is 8.11. The zero-order chi connectivity index (χ0) is 13.4. The van der Waals surface area contributed by atoms with Crippen molar-refractivity contribution in [3.63, 3.8) is 0 Å². The predicted octanol–water partition coefficient (Wildman–Crippen LogP) is 0.244. The normalized spacial score (nSPS) is 11.8. The van der Waals surface area contributed by atoms with Crippen molar-refractivity contribution in [3.8, 4) is 0 Å². The molecule has 0 aliphatic rings. The van der Waals surface area contributed by atoms with Gasteiger partial charge in [0.25, 0.3) is 0 Å². The average molecular weight is 260 g/mol. The molecule has 0 heterocycles. The van der Waals surface area contributed by atoms with E-state index in [0.717, 1.165) is 6.29 Å². The van der Waals surface area contributed by atoms with Crippen LogP contribution in [0.4, 0.5) is 0 Å². The van der Waals surface area contributed by atoms with Crippen LogP contribution in [-0.2, 0) is 14.4 Å². The molecule has 2 amide bonds. The highest BCUT2D eigenvalue weighted by Gasteiger charge is 2.16. The molecule has 0 spiro atoms. The molecule has 0 fully saturated rings. The number of hydrogen-bond donors (Lipinski definition) is 0. The predicted molar refractivity (Wildman–Crippen MR) is 68.9 cm³/mol. The summed E-state index contributed by atoms with van der Waals surface area (Å²) in [6.07, 6.45) is 3.07. The topological polar surface area (TPSA) is 57.7 Å². The Morgan fingerprint density at radius 3 is 2.24 bits per heavy atom. The first-order valence-corrected chi connectivity index (χ1v) is 6.63. The maximum absolute atomic E-state index is 11.7. The summed E-state index contributed by atoms with van der Waals surface area (Å²) >= 11 is 1.35. The lowest BCUT2D eigenvalue weighted by Gasteiger charge is -2.19. The lowest BCUT2D eigenvalue weighted by atomic mass is 10.2. The van der Waals surface area contributed by atoms with Gasteiger partial charge >= 0.3 is 0 Å². The van der Waals surface area contributed by atoms with Gasteiger partial charge in [-0.2, -0.15) is 11.8 Å². The van der Waals surface area contributed by atoms with Crippen molar-refractivity contribution in [1.29, 1.82) is 0 Å². The van der Waals surface area contributed by atoms with Gasteiger partial charge < -0.3 is 14.6 Å². The van der Waals surface area contributed by atoms with Crippen LogP contribution in [0.3, 0.4) is 0 Å². The Morgan fingerprint density at radius 2 is 1.82 bits per heavy atom. The maximum Gasteiger partial charge on any atom is 0.223 e. The average Bonchev–Trinajstić information content (AvgIpc) is 2.31. The fourth-order valence-electron chi connectivity index (χ4n) is 1.13. The Morgan fingerprint density at radius 1 is 1.24 bits per heavy atom. The van der Waals surface area contributed by atoms with Crippen LogP contribution in [0.25, 0.3) is 0 Å². The van der Waals surface area contributed by atoms with Gasteiger partial charge in [0.05, 0.1) is 5.25 Å². The molecule has 5 nitrogen and oxygen atoms in total. The van der Waals surface area contributed by atoms with Gasteiger partial charge in [0.2, 0.25) is 11.8 Å². The van der Waals surface area contributed by atoms with Crippen LogP contribution in [0.1, 0.15) is 12.8 Å². The van der Waals surface area contributed by atoms with Crippen molar-refractivity contribution in [2.45, 2.75) is 18.1 Å². The standard InChI is InChI=1S/C11H20N2O3S/c1-12(2)10(15)5-6-13(3)11(16)7-9(8-14)17-4/h8-9H,5-7H2,1-4H3. The molecule has 0 saturated carbocycles. The van der Waals surface area contributed by atoms with Crippen molar-refractivity contribution >= 4 is 29.9 Å². The summed E-state index contributed by atoms with van der Waals surface area (Å²) in [6.45, 7) is 0.385. The molecule has 0 N–H and O–H groups in total. The largest absolute Gasteiger partial charge is 0.349 e. The van der Waals surface area contributed by atoms with Crippen LogP contribution < -0.4 is 0 Å². The molecule has 0 saturated heterocycles. The summed E-state index contributed by atoms with van der Waals surface area (Å²) in [4.78, 5) is 36.6. The third kappa shape index (κ3) is 6.31. The highest BCUT2D eigenvalue weighted by Crippen LogP contribution is 2.09. The summed E-state index contributed by atoms with van der Waals surface area (Å²) in [5, 5.41) is -0.297. The molecule has 0 aliphatic heterocycles. The van der Waals surface area contributed by atoms with Gasteiger partial charge in [-0.25, -0.2) is 0 Å². The number of hydrogen-bond acceptors (Lipinski definition) is 4. The first-order chi connectivity index (χ1) is 7.92. The van der Waals surface area contributed by atoms with E-state index < -0.39 is 0 Å². The molecule has 0 radical (unpaired) electrons. The number of carbonyl (C=O) groups is 3. The van der Waals surface area contributed by atoms with E-state index in [1.54, 1.807) is 27.4 Å². The number of thioether (sulfide) groups is 1. The quantitative estimate of drug-likeness (QED) is 0.615. The first kappa shape index (κ1) is 16.0. The Balaban J connectivity index is 4.05. The number of amides is 2. The van der Waals surface area contributed by atoms with Crippen LogP contribution in [0.2, 0.25) is 0 Å². The molecule has 6 heteroatoms. The second-order valence-corrected chi connectivity index (χ2v) is 5.04. The van der Waals surface area contributed by atoms with Gasteiger partial charge in [0.15, 0.2) is 0 Å². The van der Waals surface area contributed by atoms with E-state index in [1.165, 1.54) is 21.6 Å². The lowest BCUT2D eigenvalue weighted by Crippen LogP contribution is -2.33. The molecule has 0 aromatic carbocycles. The van der Waals surface area contributed by atoms with Gasteiger partial charge in [0, 0.05) is 40.5 Å². The van der Waals surface area contributed by atoms with E-state index in [4.69, 9.17) is 0 Å². The highest BCUT2D eigenvalue weighted by molar-refractivity contribution is 7.99. The van der Waals surface area contributed by atoms with E-state index in [1.807, 2.05) is 0 Å². The van der Waals surface area contributed by atoms with Crippen molar-refractivity contribution in [2.75, 3.05) is 33.9 Å². The molecular weight excluding hydrogens is 240 g/mol. The molecule has 0 aliphatic carbocycles. The second-order valence-electron chi connectivity index (χ2n) is 3.97. The molecule has 17 heavy (non-hydrogen) atoms. The SMILES string of the molecule is CSC(C=O)CC(=O)N(C)CCC(=O)N(C)C. The third-order valence-electron chi connectivity index (χ3n) is 2.42. The number of rotatable bonds is 7. The molecule has 1 atom stereocenters. The summed E-state index contributed by atoms with van der Waals surface area (Å²) in [7, 11) is 5.01. The van der Waals surface area contributed by atoms with Crippen LogP contribution in [0, 0.1) is 0 Å². The van der Waals surface area contributed by atoms with Crippen molar-refractivity contribution in [3.05, 3.63) is 0 Å². The monoisotopic (exact) mass is 260 g/mol. The van der Waals surface area contributed by atoms with Gasteiger partial charge in [-0.1, -0.05) is 0 Å². The minimum atomic E-state index is -0.297. The highest BCUT2D eigenvalue weighted by atomic mass is 32.2. The zero-order valence-electron chi connectivity index (χ0n) is 10.8. The zero-order valence-corrected chi connectivity index (χ0v) is 11.6. The number of carbonyl (C=O) groups excluding carboxylic acids is 3. The van der Waals surface area contributed by atoms with E-state index in [-0.39, 0.29) is 23.5 Å². The van der Waals surface area contributed by atoms with Crippen LogP contribution >= 0.6 is 11.8 Å². The fourth-order valence-corrected chi connectivity index (χ4v) is 1.55. The van der Waals surface area contributed by atoms with E-state index >= 15 is 0 Å². The van der Waals surface area contributed by atoms with Crippen LogP contribution in [-0.4, -0.2) is 67.1 Å². The summed E-state index contributed by atoms with van der Waals surface area (Å²) in [5.74, 6) is -0.121. The van der Waals surface area contributed by atoms with Gasteiger partial charge in [-0.3, -0.25) is 9.59 Å². The molecule has 0 aromatic rings. The van der Waals surface area contributed by atoms with Crippen molar-refractivity contribution in [2.24, 2.45) is 0 Å². The molecule has 0 bridgehead atoms. The smallest absolute Gasteiger partial charge is 0.223 e. The first-order valence-electron chi connectivity index (χ1n) is 5.34. The fraction of sp³-hybridized carbons (Fsp3) is 0.727. The van der Waals surface area contributed by atoms with Crippen molar-refractivity contribution < 1.29 is 14.4 Å². The summed E-state index contributed by atoms with van der Waals surface area (Å²) in [5.41, 5.74) is 0. The summed E-state index contributed by atoms with van der Waals surface area (Å²) in [6, 6.07) is 0. The van der Waals surface area contributed by atoms with Crippen LogP contribution in [0.5, 0.6) is 0 Å². The van der Waals surface area contributed by atoms with Crippen molar-refractivity contribution in [1.82, 2.24) is 9.80 Å². The lowest BCUT2D eigenvalue weighted by molar-refractivity contribution is -0.132. The Hall–Kier alpha value is -1.04. The van der Waals surface area contributed by atoms with Crippen LogP contribution in [0.15, 0.2) is 0 Å². The van der Waals surface area contributed by atoms with Gasteiger partial charge in [0.1, 0.15) is 6.29 Å². The Labute approximate surface area is 107 Å². The molecule has 98 valence electrons. The maximum atomic E-state index is 11.7. The Bertz CT molecular complexity index is 282. The molecule has 0 rings (SSSR count). The summed E-state index contributed by atoms with van der Waals surface area (Å²) < 4.78 is 0. The van der Waals surface area contributed by atoms with Gasteiger partial charge in [-0.15, -0.1) is 0 Å². The Kier molecular flexibility index (Phi) is 7.61.